The molecule has 0 aliphatic carbocycles. The SMILES string of the molecule is [Sb].[Sb].[Sb].[Y].[Y].[Y].[Y].[Y]. The molecular weight excluding hydrogens is 810 g/mol. The van der Waals surface area contributed by atoms with E-state index in [0.29, 0.717) is 0 Å². The van der Waals surface area contributed by atoms with E-state index in [1.807, 2.05) is 0 Å². The molecule has 8 heteroatoms. The molecule has 0 aromatic rings. The Morgan fingerprint density at radius 1 is 0.250 bits per heavy atom. The molecule has 8 heavy (non-hydrogen) atoms. The van der Waals surface area contributed by atoms with Crippen LogP contribution in [-0.2, 0) is 164 Å². The van der Waals surface area contributed by atoms with Crippen molar-refractivity contribution in [2.75, 3.05) is 0 Å². The Labute approximate surface area is 229 Å². The zero-order valence-electron chi connectivity index (χ0n) is 4.23. The first kappa shape index (κ1) is 56.3. The number of hydrogen-bond donors (Lipinski definition) is 0. The van der Waals surface area contributed by atoms with Crippen molar-refractivity contribution in [1.82, 2.24) is 0 Å². The summed E-state index contributed by atoms with van der Waals surface area (Å²) in [5, 5.41) is 0. The summed E-state index contributed by atoms with van der Waals surface area (Å²) in [6.45, 7) is 0. The average molecular weight is 810 g/mol. The van der Waals surface area contributed by atoms with Crippen LogP contribution in [0, 0.1) is 0 Å². The van der Waals surface area contributed by atoms with E-state index in [4.69, 9.17) is 0 Å². The maximum Gasteiger partial charge on any atom is 0 e. The van der Waals surface area contributed by atoms with Crippen molar-refractivity contribution < 1.29 is 164 Å². The van der Waals surface area contributed by atoms with Gasteiger partial charge in [-0.3, -0.25) is 0 Å². The van der Waals surface area contributed by atoms with Crippen LogP contribution in [-0.4, -0.2) is 73.3 Å². The van der Waals surface area contributed by atoms with E-state index in [2.05, 4.69) is 0 Å². The van der Waals surface area contributed by atoms with Crippen LogP contribution in [0.25, 0.3) is 0 Å². The third-order valence-electron chi connectivity index (χ3n) is 0. The molecule has 0 bridgehead atoms. The van der Waals surface area contributed by atoms with Crippen molar-refractivity contribution in [3.63, 3.8) is 0 Å². The van der Waals surface area contributed by atoms with Crippen molar-refractivity contribution in [3.05, 3.63) is 0 Å². The normalized spacial score (nSPS) is 0. The van der Waals surface area contributed by atoms with Gasteiger partial charge in [0.05, 0.1) is 0 Å². The molecule has 0 aromatic heterocycles. The van der Waals surface area contributed by atoms with E-state index in [-0.39, 0.29) is 237 Å². The summed E-state index contributed by atoms with van der Waals surface area (Å²) in [7, 11) is 0. The van der Waals surface area contributed by atoms with Gasteiger partial charge in [0.25, 0.3) is 0 Å². The summed E-state index contributed by atoms with van der Waals surface area (Å²) in [5.41, 5.74) is 0. The van der Waals surface area contributed by atoms with E-state index >= 15 is 0 Å². The summed E-state index contributed by atoms with van der Waals surface area (Å²) in [6.07, 6.45) is 0. The Balaban J connectivity index is 0. The van der Waals surface area contributed by atoms with Gasteiger partial charge in [-0.2, -0.15) is 0 Å². The molecule has 0 aliphatic rings. The molecule has 0 aliphatic heterocycles. The molecular formula is Sb3Y5. The molecule has 0 saturated heterocycles. The van der Waals surface area contributed by atoms with Crippen LogP contribution in [0.1, 0.15) is 0 Å². The van der Waals surface area contributed by atoms with Crippen molar-refractivity contribution in [3.8, 4) is 0 Å². The van der Waals surface area contributed by atoms with Crippen molar-refractivity contribution in [2.24, 2.45) is 0 Å². The quantitative estimate of drug-likeness (QED) is 0.272. The monoisotopic (exact) mass is 807 g/mol. The van der Waals surface area contributed by atoms with E-state index in [1.54, 1.807) is 0 Å². The van der Waals surface area contributed by atoms with Gasteiger partial charge in [-0.05, 0) is 0 Å². The van der Waals surface area contributed by atoms with E-state index in [9.17, 15) is 0 Å². The van der Waals surface area contributed by atoms with Gasteiger partial charge in [-0.1, -0.05) is 0 Å². The van der Waals surface area contributed by atoms with Crippen LogP contribution < -0.4 is 0 Å². The second-order valence-electron chi connectivity index (χ2n) is 0. The van der Waals surface area contributed by atoms with Gasteiger partial charge in [-0.25, -0.2) is 0 Å². The Morgan fingerprint density at radius 3 is 0.250 bits per heavy atom. The molecule has 0 nitrogen and oxygen atoms in total. The smallest absolute Gasteiger partial charge is 0 e. The van der Waals surface area contributed by atoms with Crippen LogP contribution in [0.5, 0.6) is 0 Å². The van der Waals surface area contributed by atoms with Crippen molar-refractivity contribution in [2.45, 2.75) is 0 Å². The first-order chi connectivity index (χ1) is 0. The second kappa shape index (κ2) is 46.0. The standard InChI is InChI=1S/3Sb.5Y. The van der Waals surface area contributed by atoms with Crippen LogP contribution >= 0.6 is 0 Å². The summed E-state index contributed by atoms with van der Waals surface area (Å²) in [6, 6.07) is 0. The number of hydrogen-bond acceptors (Lipinski definition) is 0. The van der Waals surface area contributed by atoms with Gasteiger partial charge in [0, 0.05) is 237 Å². The molecule has 0 atom stereocenters. The molecule has 0 rings (SSSR count). The molecule has 0 fully saturated rings. The summed E-state index contributed by atoms with van der Waals surface area (Å²) >= 11 is 0. The van der Waals surface area contributed by atoms with E-state index < -0.39 is 0 Å². The van der Waals surface area contributed by atoms with Crippen molar-refractivity contribution in [1.29, 1.82) is 0 Å². The first-order valence-corrected chi connectivity index (χ1v) is 0. The van der Waals surface area contributed by atoms with Gasteiger partial charge in [0.1, 0.15) is 0 Å². The Morgan fingerprint density at radius 2 is 0.250 bits per heavy atom. The summed E-state index contributed by atoms with van der Waals surface area (Å²) in [4.78, 5) is 0. The molecule has 14 radical (unpaired) electrons. The fourth-order valence-corrected chi connectivity index (χ4v) is 0. The molecule has 0 heterocycles. The predicted octanol–water partition coefficient (Wildman–Crippen LogP) is -1.15. The Kier molecular flexibility index (Phi) is 324. The summed E-state index contributed by atoms with van der Waals surface area (Å²) < 4.78 is 0. The number of rotatable bonds is 0. The van der Waals surface area contributed by atoms with E-state index in [1.165, 1.54) is 0 Å². The van der Waals surface area contributed by atoms with Gasteiger partial charge >= 0.3 is 0 Å². The van der Waals surface area contributed by atoms with Crippen LogP contribution in [0.3, 0.4) is 0 Å². The second-order valence-corrected chi connectivity index (χ2v) is 0. The zero-order valence-corrected chi connectivity index (χ0v) is 26.1. The average Bonchev–Trinajstić information content (AvgIpc) is 0. The Hall–Kier alpha value is 7.97. The van der Waals surface area contributed by atoms with Crippen molar-refractivity contribution >= 4 is 73.3 Å². The predicted molar refractivity (Wildman–Crippen MR) is 17.3 cm³/mol. The zero-order chi connectivity index (χ0) is 0. The molecule has 0 amide bonds. The third kappa shape index (κ3) is 37.0. The minimum Gasteiger partial charge on any atom is 0 e. The summed E-state index contributed by atoms with van der Waals surface area (Å²) in [5.74, 6) is 0. The fourth-order valence-electron chi connectivity index (χ4n) is 0. The largest absolute Gasteiger partial charge is 0 e. The van der Waals surface area contributed by atoms with Crippen LogP contribution in [0.15, 0.2) is 0 Å². The van der Waals surface area contributed by atoms with Gasteiger partial charge in [-0.15, -0.1) is 0 Å². The first-order valence-electron chi connectivity index (χ1n) is 0. The van der Waals surface area contributed by atoms with E-state index in [0.717, 1.165) is 0 Å². The van der Waals surface area contributed by atoms with Gasteiger partial charge < -0.3 is 0 Å². The topological polar surface area (TPSA) is 0 Å². The molecule has 0 saturated carbocycles. The maximum absolute atomic E-state index is 0. The maximum atomic E-state index is 0. The molecule has 0 aromatic carbocycles. The minimum absolute atomic E-state index is 0. The molecule has 0 unspecified atom stereocenters. The fraction of sp³-hybridized carbons (Fsp3) is 0. The Bertz CT molecular complexity index is 7.64. The molecule has 0 spiro atoms. The van der Waals surface area contributed by atoms with Crippen LogP contribution in [0.4, 0.5) is 0 Å². The molecule has 0 N–H and O–H groups in total. The molecule has 30 valence electrons. The third-order valence-corrected chi connectivity index (χ3v) is 0. The van der Waals surface area contributed by atoms with Gasteiger partial charge in [0.2, 0.25) is 0 Å². The minimum atomic E-state index is 0. The van der Waals surface area contributed by atoms with Gasteiger partial charge in [0.15, 0.2) is 0 Å². The van der Waals surface area contributed by atoms with Crippen LogP contribution in [0.2, 0.25) is 0 Å².